The zero-order chi connectivity index (χ0) is 17.0. The van der Waals surface area contributed by atoms with Crippen molar-refractivity contribution in [2.75, 3.05) is 0 Å². The number of hydrogen-bond acceptors (Lipinski definition) is 0. The highest BCUT2D eigenvalue weighted by Gasteiger charge is 2.08. The van der Waals surface area contributed by atoms with Crippen molar-refractivity contribution in [3.05, 3.63) is 83.4 Å². The summed E-state index contributed by atoms with van der Waals surface area (Å²) >= 11 is 0. The molecule has 23 heavy (non-hydrogen) atoms. The molecule has 0 nitrogen and oxygen atoms in total. The highest BCUT2D eigenvalue weighted by molar-refractivity contribution is 5.70. The van der Waals surface area contributed by atoms with Gasteiger partial charge in [0.25, 0.3) is 0 Å². The summed E-state index contributed by atoms with van der Waals surface area (Å²) in [6.45, 7) is 15.3. The van der Waals surface area contributed by atoms with E-state index in [2.05, 4.69) is 95.8 Å². The van der Waals surface area contributed by atoms with E-state index in [1.165, 1.54) is 33.4 Å². The molecule has 0 saturated carbocycles. The Morgan fingerprint density at radius 1 is 1.00 bits per heavy atom. The van der Waals surface area contributed by atoms with Crippen molar-refractivity contribution in [1.82, 2.24) is 0 Å². The summed E-state index contributed by atoms with van der Waals surface area (Å²) in [5.74, 6) is 0. The molecule has 0 aliphatic rings. The van der Waals surface area contributed by atoms with Crippen molar-refractivity contribution < 1.29 is 1.43 Å². The van der Waals surface area contributed by atoms with Gasteiger partial charge in [0.1, 0.15) is 0 Å². The standard InChI is InChI=1S/C23H28.H2/c1-17-9-7-8-10-22(17)15-18(2)20-11-13-21(14-12-20)19(3)16-23(4,5)6;/h7-14,16H,2,15H2,1,3-6H3;1H/b19-16+;. The molecule has 0 radical (unpaired) electrons. The van der Waals surface area contributed by atoms with Gasteiger partial charge >= 0.3 is 0 Å². The molecule has 0 aliphatic carbocycles. The fourth-order valence-corrected chi connectivity index (χ4v) is 2.84. The molecule has 2 aromatic rings. The predicted molar refractivity (Wildman–Crippen MR) is 106 cm³/mol. The molecule has 0 aromatic heterocycles. The maximum atomic E-state index is 4.28. The lowest BCUT2D eigenvalue weighted by Gasteiger charge is -2.15. The van der Waals surface area contributed by atoms with Gasteiger partial charge in [-0.3, -0.25) is 0 Å². The predicted octanol–water partition coefficient (Wildman–Crippen LogP) is 6.95. The average molecular weight is 306 g/mol. The maximum absolute atomic E-state index is 4.28. The van der Waals surface area contributed by atoms with Gasteiger partial charge in [-0.1, -0.05) is 82.0 Å². The van der Waals surface area contributed by atoms with Crippen LogP contribution in [0.15, 0.2) is 61.2 Å². The summed E-state index contributed by atoms with van der Waals surface area (Å²) in [7, 11) is 0. The molecule has 0 N–H and O–H groups in total. The number of allylic oxidation sites excluding steroid dienone is 3. The minimum Gasteiger partial charge on any atom is -0.0949 e. The monoisotopic (exact) mass is 306 g/mol. The highest BCUT2D eigenvalue weighted by Crippen LogP contribution is 2.25. The van der Waals surface area contributed by atoms with E-state index >= 15 is 0 Å². The van der Waals surface area contributed by atoms with E-state index in [0.29, 0.717) is 0 Å². The van der Waals surface area contributed by atoms with Crippen LogP contribution < -0.4 is 0 Å². The van der Waals surface area contributed by atoms with Crippen LogP contribution in [0.3, 0.4) is 0 Å². The zero-order valence-corrected chi connectivity index (χ0v) is 15.1. The van der Waals surface area contributed by atoms with Crippen LogP contribution >= 0.6 is 0 Å². The van der Waals surface area contributed by atoms with Gasteiger partial charge in [-0.25, -0.2) is 0 Å². The van der Waals surface area contributed by atoms with E-state index in [0.717, 1.165) is 6.42 Å². The first-order chi connectivity index (χ1) is 10.8. The number of rotatable bonds is 4. The van der Waals surface area contributed by atoms with Gasteiger partial charge in [-0.15, -0.1) is 0 Å². The number of hydrogen-bond donors (Lipinski definition) is 0. The molecule has 0 bridgehead atoms. The molecule has 0 aliphatic heterocycles. The minimum absolute atomic E-state index is 0. The van der Waals surface area contributed by atoms with Crippen molar-refractivity contribution in [2.24, 2.45) is 5.41 Å². The van der Waals surface area contributed by atoms with E-state index in [4.69, 9.17) is 0 Å². The van der Waals surface area contributed by atoms with Crippen LogP contribution in [0.4, 0.5) is 0 Å². The summed E-state index contributed by atoms with van der Waals surface area (Å²) < 4.78 is 0. The third kappa shape index (κ3) is 4.96. The number of benzene rings is 2. The van der Waals surface area contributed by atoms with Gasteiger partial charge in [0, 0.05) is 1.43 Å². The Bertz CT molecular complexity index is 712. The summed E-state index contributed by atoms with van der Waals surface area (Å²) in [4.78, 5) is 0. The second-order valence-corrected chi connectivity index (χ2v) is 7.48. The Balaban J connectivity index is 0.00000288. The zero-order valence-electron chi connectivity index (χ0n) is 15.1. The lowest BCUT2D eigenvalue weighted by atomic mass is 9.90. The van der Waals surface area contributed by atoms with Crippen molar-refractivity contribution in [3.63, 3.8) is 0 Å². The van der Waals surface area contributed by atoms with Crippen molar-refractivity contribution >= 4 is 11.1 Å². The molecule has 0 atom stereocenters. The van der Waals surface area contributed by atoms with Gasteiger partial charge in [0.05, 0.1) is 0 Å². The molecular weight excluding hydrogens is 276 g/mol. The van der Waals surface area contributed by atoms with Crippen LogP contribution in [0.2, 0.25) is 0 Å². The normalized spacial score (nSPS) is 12.3. The molecule has 122 valence electrons. The molecular formula is C23H30. The average Bonchev–Trinajstić information content (AvgIpc) is 2.48. The highest BCUT2D eigenvalue weighted by atomic mass is 14.1. The van der Waals surface area contributed by atoms with Gasteiger partial charge < -0.3 is 0 Å². The van der Waals surface area contributed by atoms with Crippen LogP contribution in [0.25, 0.3) is 11.1 Å². The molecule has 0 heterocycles. The molecule has 0 saturated heterocycles. The van der Waals surface area contributed by atoms with Crippen LogP contribution in [0.5, 0.6) is 0 Å². The summed E-state index contributed by atoms with van der Waals surface area (Å²) in [6.07, 6.45) is 3.23. The van der Waals surface area contributed by atoms with E-state index in [1.54, 1.807) is 0 Å². The third-order valence-corrected chi connectivity index (χ3v) is 4.06. The lowest BCUT2D eigenvalue weighted by molar-refractivity contribution is 0.545. The first-order valence-corrected chi connectivity index (χ1v) is 8.29. The van der Waals surface area contributed by atoms with Crippen LogP contribution in [0, 0.1) is 12.3 Å². The van der Waals surface area contributed by atoms with Crippen molar-refractivity contribution in [3.8, 4) is 0 Å². The molecule has 2 aromatic carbocycles. The molecule has 2 rings (SSSR count). The lowest BCUT2D eigenvalue weighted by Crippen LogP contribution is -2.00. The van der Waals surface area contributed by atoms with E-state index < -0.39 is 0 Å². The van der Waals surface area contributed by atoms with Crippen molar-refractivity contribution in [1.29, 1.82) is 0 Å². The number of aryl methyl sites for hydroxylation is 1. The maximum Gasteiger partial charge on any atom is 0 e. The Morgan fingerprint density at radius 3 is 2.13 bits per heavy atom. The topological polar surface area (TPSA) is 0 Å². The molecule has 0 fully saturated rings. The smallest absolute Gasteiger partial charge is 0 e. The van der Waals surface area contributed by atoms with Gasteiger partial charge in [0.15, 0.2) is 0 Å². The molecule has 0 unspecified atom stereocenters. The first-order valence-electron chi connectivity index (χ1n) is 8.29. The fraction of sp³-hybridized carbons (Fsp3) is 0.304. The van der Waals surface area contributed by atoms with Crippen LogP contribution in [-0.4, -0.2) is 0 Å². The Hall–Kier alpha value is -2.08. The SMILES string of the molecule is C=C(Cc1ccccc1C)c1ccc(/C(C)=C/C(C)(C)C)cc1.[HH]. The Kier molecular flexibility index (Phi) is 5.26. The Morgan fingerprint density at radius 2 is 1.57 bits per heavy atom. The fourth-order valence-electron chi connectivity index (χ4n) is 2.84. The summed E-state index contributed by atoms with van der Waals surface area (Å²) in [5, 5.41) is 0. The van der Waals surface area contributed by atoms with E-state index in [1.807, 2.05) is 0 Å². The largest absolute Gasteiger partial charge is 0.0949 e. The second kappa shape index (κ2) is 7.00. The Labute approximate surface area is 143 Å². The summed E-state index contributed by atoms with van der Waals surface area (Å²) in [5.41, 5.74) is 7.89. The van der Waals surface area contributed by atoms with Crippen LogP contribution in [-0.2, 0) is 6.42 Å². The van der Waals surface area contributed by atoms with Gasteiger partial charge in [-0.2, -0.15) is 0 Å². The first kappa shape index (κ1) is 17.3. The second-order valence-electron chi connectivity index (χ2n) is 7.48. The van der Waals surface area contributed by atoms with Crippen LogP contribution in [0.1, 0.15) is 51.4 Å². The molecule has 0 heteroatoms. The van der Waals surface area contributed by atoms with E-state index in [9.17, 15) is 0 Å². The van der Waals surface area contributed by atoms with Gasteiger partial charge in [-0.05, 0) is 59.1 Å². The molecule has 0 amide bonds. The van der Waals surface area contributed by atoms with E-state index in [-0.39, 0.29) is 6.84 Å². The molecule has 0 spiro atoms. The quantitative estimate of drug-likeness (QED) is 0.573. The third-order valence-electron chi connectivity index (χ3n) is 4.06. The summed E-state index contributed by atoms with van der Waals surface area (Å²) in [6, 6.07) is 17.3. The van der Waals surface area contributed by atoms with Crippen molar-refractivity contribution in [2.45, 2.75) is 41.0 Å². The minimum atomic E-state index is 0. The van der Waals surface area contributed by atoms with Gasteiger partial charge in [0.2, 0.25) is 0 Å².